The van der Waals surface area contributed by atoms with E-state index in [1.807, 2.05) is 48.5 Å². The van der Waals surface area contributed by atoms with Crippen LogP contribution in [-0.2, 0) is 11.3 Å². The van der Waals surface area contributed by atoms with Crippen molar-refractivity contribution < 1.29 is 9.53 Å². The summed E-state index contributed by atoms with van der Waals surface area (Å²) in [5.41, 5.74) is 2.28. The van der Waals surface area contributed by atoms with Crippen molar-refractivity contribution >= 4 is 22.6 Å². The molecule has 3 aromatic rings. The maximum absolute atomic E-state index is 12.9. The molecule has 1 saturated heterocycles. The molecule has 6 heteroatoms. The summed E-state index contributed by atoms with van der Waals surface area (Å²) >= 11 is 0. The van der Waals surface area contributed by atoms with E-state index >= 15 is 0 Å². The number of nitrogens with zero attached hydrogens (tertiary/aromatic N) is 3. The molecule has 0 unspecified atom stereocenters. The van der Waals surface area contributed by atoms with E-state index in [4.69, 9.17) is 9.72 Å². The molecule has 1 fully saturated rings. The molecular weight excluding hydrogens is 328 g/mol. The minimum absolute atomic E-state index is 0.122. The fourth-order valence-electron chi connectivity index (χ4n) is 3.07. The zero-order valence-electron chi connectivity index (χ0n) is 14.4. The highest BCUT2D eigenvalue weighted by atomic mass is 16.5. The van der Waals surface area contributed by atoms with E-state index in [-0.39, 0.29) is 5.91 Å². The second kappa shape index (κ2) is 7.49. The van der Waals surface area contributed by atoms with Crippen LogP contribution in [-0.4, -0.2) is 42.2 Å². The third kappa shape index (κ3) is 3.50. The van der Waals surface area contributed by atoms with Gasteiger partial charge in [0, 0.05) is 24.7 Å². The van der Waals surface area contributed by atoms with E-state index in [9.17, 15) is 4.79 Å². The Morgan fingerprint density at radius 2 is 1.92 bits per heavy atom. The van der Waals surface area contributed by atoms with Crippen molar-refractivity contribution in [2.24, 2.45) is 0 Å². The first-order chi connectivity index (χ1) is 12.8. The molecule has 2 aromatic heterocycles. The van der Waals surface area contributed by atoms with Crippen LogP contribution >= 0.6 is 0 Å². The lowest BCUT2D eigenvalue weighted by molar-refractivity contribution is 0.0952. The fourth-order valence-corrected chi connectivity index (χ4v) is 3.07. The molecule has 1 aliphatic rings. The molecule has 1 aromatic carbocycles. The first-order valence-corrected chi connectivity index (χ1v) is 8.72. The number of carbonyl (C=O) groups excluding carboxylic acids is 1. The van der Waals surface area contributed by atoms with Crippen molar-refractivity contribution in [1.29, 1.82) is 0 Å². The number of rotatable bonds is 4. The van der Waals surface area contributed by atoms with Gasteiger partial charge in [0.05, 0.1) is 36.5 Å². The number of nitrogens with one attached hydrogen (secondary N) is 1. The van der Waals surface area contributed by atoms with Crippen LogP contribution in [0.15, 0.2) is 54.7 Å². The smallest absolute Gasteiger partial charge is 0.252 e. The van der Waals surface area contributed by atoms with Gasteiger partial charge in [0.25, 0.3) is 5.91 Å². The van der Waals surface area contributed by atoms with Gasteiger partial charge in [-0.05, 0) is 24.3 Å². The molecule has 1 amide bonds. The second-order valence-electron chi connectivity index (χ2n) is 6.15. The number of aromatic nitrogens is 2. The van der Waals surface area contributed by atoms with E-state index < -0.39 is 0 Å². The fraction of sp³-hybridized carbons (Fsp3) is 0.250. The Kier molecular flexibility index (Phi) is 4.75. The number of morpholine rings is 1. The topological polar surface area (TPSA) is 67.4 Å². The van der Waals surface area contributed by atoms with E-state index in [0.717, 1.165) is 35.5 Å². The average Bonchev–Trinajstić information content (AvgIpc) is 2.72. The van der Waals surface area contributed by atoms with Crippen molar-refractivity contribution in [1.82, 2.24) is 15.3 Å². The molecule has 0 atom stereocenters. The number of hydrogen-bond acceptors (Lipinski definition) is 5. The molecule has 132 valence electrons. The second-order valence-corrected chi connectivity index (χ2v) is 6.15. The molecule has 0 saturated carbocycles. The predicted molar refractivity (Wildman–Crippen MR) is 100 cm³/mol. The summed E-state index contributed by atoms with van der Waals surface area (Å²) < 4.78 is 5.42. The first kappa shape index (κ1) is 16.5. The standard InChI is InChI=1S/C20H20N4O2/c25-20(22-14-15-5-3-4-8-21-15)17-13-19(24-9-11-26-12-10-24)23-18-7-2-1-6-16(17)18/h1-8,13H,9-12,14H2,(H,22,25). The van der Waals surface area contributed by atoms with Crippen LogP contribution in [0.5, 0.6) is 0 Å². The average molecular weight is 348 g/mol. The molecule has 3 heterocycles. The summed E-state index contributed by atoms with van der Waals surface area (Å²) in [6, 6.07) is 15.3. The quantitative estimate of drug-likeness (QED) is 0.784. The van der Waals surface area contributed by atoms with Crippen molar-refractivity contribution in [3.63, 3.8) is 0 Å². The number of anilines is 1. The summed E-state index contributed by atoms with van der Waals surface area (Å²) in [4.78, 5) is 24.0. The lowest BCUT2D eigenvalue weighted by atomic mass is 10.1. The van der Waals surface area contributed by atoms with Crippen molar-refractivity contribution in [2.45, 2.75) is 6.54 Å². The molecule has 4 rings (SSSR count). The summed E-state index contributed by atoms with van der Waals surface area (Å²) in [7, 11) is 0. The van der Waals surface area contributed by atoms with Crippen LogP contribution in [0.3, 0.4) is 0 Å². The summed E-state index contributed by atoms with van der Waals surface area (Å²) in [5.74, 6) is 0.693. The van der Waals surface area contributed by atoms with Crippen LogP contribution in [0.1, 0.15) is 16.1 Å². The van der Waals surface area contributed by atoms with Crippen LogP contribution in [0, 0.1) is 0 Å². The van der Waals surface area contributed by atoms with Crippen molar-refractivity contribution in [3.8, 4) is 0 Å². The highest BCUT2D eigenvalue weighted by molar-refractivity contribution is 6.07. The number of benzene rings is 1. The highest BCUT2D eigenvalue weighted by Crippen LogP contribution is 2.23. The van der Waals surface area contributed by atoms with E-state index in [1.54, 1.807) is 6.20 Å². The van der Waals surface area contributed by atoms with Crippen molar-refractivity contribution in [3.05, 3.63) is 66.0 Å². The van der Waals surface area contributed by atoms with Gasteiger partial charge < -0.3 is 15.0 Å². The third-order valence-corrected chi connectivity index (χ3v) is 4.44. The molecule has 26 heavy (non-hydrogen) atoms. The van der Waals surface area contributed by atoms with Gasteiger partial charge in [-0.15, -0.1) is 0 Å². The van der Waals surface area contributed by atoms with E-state index in [2.05, 4.69) is 15.2 Å². The predicted octanol–water partition coefficient (Wildman–Crippen LogP) is 2.40. The number of pyridine rings is 2. The molecule has 1 aliphatic heterocycles. The summed E-state index contributed by atoms with van der Waals surface area (Å²) in [6.45, 7) is 3.30. The van der Waals surface area contributed by atoms with Crippen LogP contribution in [0.25, 0.3) is 10.9 Å². The van der Waals surface area contributed by atoms with Gasteiger partial charge in [0.2, 0.25) is 0 Å². The Balaban J connectivity index is 1.64. The van der Waals surface area contributed by atoms with Gasteiger partial charge in [-0.2, -0.15) is 0 Å². The summed E-state index contributed by atoms with van der Waals surface area (Å²) in [5, 5.41) is 3.82. The number of ether oxygens (including phenoxy) is 1. The number of para-hydroxylation sites is 1. The Bertz CT molecular complexity index is 908. The lowest BCUT2D eigenvalue weighted by Gasteiger charge is -2.28. The SMILES string of the molecule is O=C(NCc1ccccn1)c1cc(N2CCOCC2)nc2ccccc12. The lowest BCUT2D eigenvalue weighted by Crippen LogP contribution is -2.37. The number of carbonyl (C=O) groups is 1. The Labute approximate surface area is 151 Å². The number of hydrogen-bond donors (Lipinski definition) is 1. The number of amides is 1. The summed E-state index contributed by atoms with van der Waals surface area (Å²) in [6.07, 6.45) is 1.72. The van der Waals surface area contributed by atoms with Gasteiger partial charge >= 0.3 is 0 Å². The Morgan fingerprint density at radius 1 is 1.12 bits per heavy atom. The van der Waals surface area contributed by atoms with Gasteiger partial charge in [-0.25, -0.2) is 4.98 Å². The van der Waals surface area contributed by atoms with Crippen LogP contribution < -0.4 is 10.2 Å². The van der Waals surface area contributed by atoms with Crippen LogP contribution in [0.4, 0.5) is 5.82 Å². The molecule has 0 bridgehead atoms. The number of fused-ring (bicyclic) bond motifs is 1. The zero-order valence-corrected chi connectivity index (χ0v) is 14.4. The normalized spacial score (nSPS) is 14.4. The highest BCUT2D eigenvalue weighted by Gasteiger charge is 2.18. The van der Waals surface area contributed by atoms with Gasteiger partial charge in [-0.3, -0.25) is 9.78 Å². The first-order valence-electron chi connectivity index (χ1n) is 8.72. The minimum Gasteiger partial charge on any atom is -0.378 e. The molecule has 6 nitrogen and oxygen atoms in total. The third-order valence-electron chi connectivity index (χ3n) is 4.44. The Morgan fingerprint density at radius 3 is 2.73 bits per heavy atom. The molecule has 0 radical (unpaired) electrons. The van der Waals surface area contributed by atoms with Crippen LogP contribution in [0.2, 0.25) is 0 Å². The Hall–Kier alpha value is -2.99. The maximum Gasteiger partial charge on any atom is 0.252 e. The molecular formula is C20H20N4O2. The van der Waals surface area contributed by atoms with Crippen molar-refractivity contribution in [2.75, 3.05) is 31.2 Å². The molecule has 0 spiro atoms. The van der Waals surface area contributed by atoms with E-state index in [0.29, 0.717) is 25.3 Å². The van der Waals surface area contributed by atoms with Gasteiger partial charge in [0.1, 0.15) is 5.82 Å². The van der Waals surface area contributed by atoms with Gasteiger partial charge in [0.15, 0.2) is 0 Å². The van der Waals surface area contributed by atoms with E-state index in [1.165, 1.54) is 0 Å². The van der Waals surface area contributed by atoms with Gasteiger partial charge in [-0.1, -0.05) is 24.3 Å². The molecule has 0 aliphatic carbocycles. The largest absolute Gasteiger partial charge is 0.378 e. The monoisotopic (exact) mass is 348 g/mol. The zero-order chi connectivity index (χ0) is 17.8. The molecule has 1 N–H and O–H groups in total. The maximum atomic E-state index is 12.9. The minimum atomic E-state index is -0.122.